The number of nitro benzene ring substituents is 1. The number of carbonyl (C=O) groups excluding carboxylic acids is 1. The Morgan fingerprint density at radius 1 is 1.33 bits per heavy atom. The van der Waals surface area contributed by atoms with Gasteiger partial charge in [0.2, 0.25) is 0 Å². The van der Waals surface area contributed by atoms with Crippen LogP contribution in [0.2, 0.25) is 0 Å². The summed E-state index contributed by atoms with van der Waals surface area (Å²) in [6.45, 7) is 2.17. The molecule has 2 aliphatic rings. The van der Waals surface area contributed by atoms with Crippen molar-refractivity contribution in [2.75, 3.05) is 13.1 Å². The Balaban J connectivity index is 1.39. The van der Waals surface area contributed by atoms with Crippen LogP contribution in [0.15, 0.2) is 24.3 Å². The van der Waals surface area contributed by atoms with Crippen LogP contribution in [0.1, 0.15) is 24.8 Å². The molecule has 1 saturated heterocycles. The van der Waals surface area contributed by atoms with Crippen LogP contribution >= 0.6 is 12.6 Å². The van der Waals surface area contributed by atoms with E-state index in [1.54, 1.807) is 12.1 Å². The number of ether oxygens (including phenoxy) is 1. The number of nitro groups is 1. The fourth-order valence-electron chi connectivity index (χ4n) is 3.28. The number of nitrogens with one attached hydrogen (secondary N) is 1. The second-order valence-electron chi connectivity index (χ2n) is 6.42. The van der Waals surface area contributed by atoms with Gasteiger partial charge >= 0.3 is 6.09 Å². The molecule has 1 aliphatic carbocycles. The molecule has 1 aromatic rings. The average Bonchev–Trinajstić information content (AvgIpc) is 2.98. The lowest BCUT2D eigenvalue weighted by molar-refractivity contribution is -0.384. The van der Waals surface area contributed by atoms with Crippen molar-refractivity contribution in [3.05, 3.63) is 39.9 Å². The van der Waals surface area contributed by atoms with E-state index in [-0.39, 0.29) is 18.3 Å². The maximum absolute atomic E-state index is 11.9. The van der Waals surface area contributed by atoms with Gasteiger partial charge in [-0.2, -0.15) is 12.6 Å². The molecule has 8 heteroatoms. The maximum Gasteiger partial charge on any atom is 0.407 e. The number of hydrogen-bond acceptors (Lipinski definition) is 6. The Labute approximate surface area is 145 Å². The lowest BCUT2D eigenvalue weighted by Gasteiger charge is -2.41. The van der Waals surface area contributed by atoms with Crippen molar-refractivity contribution < 1.29 is 14.5 Å². The highest BCUT2D eigenvalue weighted by Gasteiger charge is 2.35. The summed E-state index contributed by atoms with van der Waals surface area (Å²) in [4.78, 5) is 24.4. The monoisotopic (exact) mass is 351 g/mol. The zero-order chi connectivity index (χ0) is 17.1. The van der Waals surface area contributed by atoms with Gasteiger partial charge in [0, 0.05) is 42.6 Å². The minimum absolute atomic E-state index is 0.0228. The number of nitrogens with zero attached hydrogens (tertiary/aromatic N) is 2. The molecule has 3 rings (SSSR count). The summed E-state index contributed by atoms with van der Waals surface area (Å²) in [6, 6.07) is 6.68. The van der Waals surface area contributed by atoms with Gasteiger partial charge < -0.3 is 10.1 Å². The summed E-state index contributed by atoms with van der Waals surface area (Å²) >= 11 is 4.43. The van der Waals surface area contributed by atoms with E-state index in [2.05, 4.69) is 22.8 Å². The van der Waals surface area contributed by atoms with Gasteiger partial charge in [0.05, 0.1) is 4.92 Å². The molecule has 1 amide bonds. The van der Waals surface area contributed by atoms with Crippen molar-refractivity contribution in [1.82, 2.24) is 10.2 Å². The van der Waals surface area contributed by atoms with Crippen molar-refractivity contribution >= 4 is 24.4 Å². The Morgan fingerprint density at radius 2 is 2.04 bits per heavy atom. The van der Waals surface area contributed by atoms with E-state index in [9.17, 15) is 14.9 Å². The van der Waals surface area contributed by atoms with Crippen LogP contribution < -0.4 is 5.32 Å². The van der Waals surface area contributed by atoms with Crippen LogP contribution in [0.25, 0.3) is 0 Å². The van der Waals surface area contributed by atoms with E-state index in [0.717, 1.165) is 37.9 Å². The SMILES string of the molecule is O=C(N[C@H]1CC[C@H](N2CC(S)C2)C1)OCc1ccc([N+](=O)[O-])cc1. The van der Waals surface area contributed by atoms with Gasteiger partial charge in [0.15, 0.2) is 0 Å². The van der Waals surface area contributed by atoms with Gasteiger partial charge in [-0.15, -0.1) is 0 Å². The first-order chi connectivity index (χ1) is 11.5. The van der Waals surface area contributed by atoms with Crippen molar-refractivity contribution in [3.8, 4) is 0 Å². The highest BCUT2D eigenvalue weighted by molar-refractivity contribution is 7.81. The molecule has 1 heterocycles. The number of likely N-dealkylation sites (tertiary alicyclic amines) is 1. The molecule has 130 valence electrons. The van der Waals surface area contributed by atoms with Gasteiger partial charge in [-0.1, -0.05) is 0 Å². The fraction of sp³-hybridized carbons (Fsp3) is 0.562. The zero-order valence-electron chi connectivity index (χ0n) is 13.3. The normalized spacial score (nSPS) is 24.4. The predicted molar refractivity (Wildman–Crippen MR) is 92.2 cm³/mol. The Hall–Kier alpha value is -1.80. The Kier molecular flexibility index (Phi) is 5.25. The van der Waals surface area contributed by atoms with Crippen LogP contribution in [0.4, 0.5) is 10.5 Å². The first-order valence-electron chi connectivity index (χ1n) is 8.10. The quantitative estimate of drug-likeness (QED) is 0.483. The molecule has 0 bridgehead atoms. The molecule has 0 radical (unpaired) electrons. The number of carbonyl (C=O) groups is 1. The van der Waals surface area contributed by atoms with Crippen molar-refractivity contribution in [2.24, 2.45) is 0 Å². The average molecular weight is 351 g/mol. The molecule has 2 fully saturated rings. The van der Waals surface area contributed by atoms with Crippen molar-refractivity contribution in [3.63, 3.8) is 0 Å². The lowest BCUT2D eigenvalue weighted by atomic mass is 10.1. The van der Waals surface area contributed by atoms with Crippen LogP contribution in [0.3, 0.4) is 0 Å². The highest BCUT2D eigenvalue weighted by atomic mass is 32.1. The molecular formula is C16H21N3O4S. The third-order valence-corrected chi connectivity index (χ3v) is 4.98. The molecule has 7 nitrogen and oxygen atoms in total. The minimum Gasteiger partial charge on any atom is -0.445 e. The second-order valence-corrected chi connectivity index (χ2v) is 7.15. The molecule has 2 atom stereocenters. The zero-order valence-corrected chi connectivity index (χ0v) is 14.2. The first kappa shape index (κ1) is 17.0. The smallest absolute Gasteiger partial charge is 0.407 e. The Morgan fingerprint density at radius 3 is 2.67 bits per heavy atom. The number of benzene rings is 1. The largest absolute Gasteiger partial charge is 0.445 e. The standard InChI is InChI=1S/C16H21N3O4S/c20-16(23-10-11-1-4-13(5-2-11)19(21)22)17-12-3-6-14(7-12)18-8-15(24)9-18/h1-2,4-5,12,14-15,24H,3,6-10H2,(H,17,20)/t12-,14-/m0/s1. The first-order valence-corrected chi connectivity index (χ1v) is 8.61. The number of amides is 1. The maximum atomic E-state index is 11.9. The molecule has 0 aromatic heterocycles. The van der Waals surface area contributed by atoms with Gasteiger partial charge in [0.25, 0.3) is 5.69 Å². The van der Waals surface area contributed by atoms with Crippen LogP contribution in [-0.2, 0) is 11.3 Å². The van der Waals surface area contributed by atoms with Crippen LogP contribution in [0, 0.1) is 10.1 Å². The molecule has 1 N–H and O–H groups in total. The van der Waals surface area contributed by atoms with E-state index in [1.165, 1.54) is 12.1 Å². The predicted octanol–water partition coefficient (Wildman–Crippen LogP) is 2.36. The molecule has 1 saturated carbocycles. The fourth-order valence-corrected chi connectivity index (χ4v) is 3.70. The van der Waals surface area contributed by atoms with Crippen molar-refractivity contribution in [1.29, 1.82) is 0 Å². The van der Waals surface area contributed by atoms with Gasteiger partial charge in [-0.05, 0) is 37.0 Å². The van der Waals surface area contributed by atoms with Crippen molar-refractivity contribution in [2.45, 2.75) is 43.2 Å². The summed E-state index contributed by atoms with van der Waals surface area (Å²) in [6.07, 6.45) is 2.57. The molecule has 1 aromatic carbocycles. The number of hydrogen-bond donors (Lipinski definition) is 2. The number of non-ortho nitro benzene ring substituents is 1. The number of alkyl carbamates (subject to hydrolysis) is 1. The minimum atomic E-state index is -0.456. The van der Waals surface area contributed by atoms with Crippen LogP contribution in [-0.4, -0.2) is 46.3 Å². The third kappa shape index (κ3) is 4.18. The van der Waals surface area contributed by atoms with Gasteiger partial charge in [-0.3, -0.25) is 15.0 Å². The van der Waals surface area contributed by atoms with Gasteiger partial charge in [0.1, 0.15) is 6.61 Å². The van der Waals surface area contributed by atoms with E-state index >= 15 is 0 Å². The number of rotatable bonds is 5. The summed E-state index contributed by atoms with van der Waals surface area (Å²) < 4.78 is 5.20. The molecular weight excluding hydrogens is 330 g/mol. The Bertz CT molecular complexity index is 604. The molecule has 24 heavy (non-hydrogen) atoms. The van der Waals surface area contributed by atoms with Crippen LogP contribution in [0.5, 0.6) is 0 Å². The second kappa shape index (κ2) is 7.40. The van der Waals surface area contributed by atoms with E-state index in [4.69, 9.17) is 4.74 Å². The van der Waals surface area contributed by atoms with E-state index < -0.39 is 11.0 Å². The number of thiol groups is 1. The molecule has 0 unspecified atom stereocenters. The molecule has 1 aliphatic heterocycles. The summed E-state index contributed by atoms with van der Waals surface area (Å²) in [5.74, 6) is 0. The third-order valence-electron chi connectivity index (χ3n) is 4.65. The van der Waals surface area contributed by atoms with E-state index in [0.29, 0.717) is 11.3 Å². The molecule has 0 spiro atoms. The topological polar surface area (TPSA) is 84.7 Å². The van der Waals surface area contributed by atoms with Gasteiger partial charge in [-0.25, -0.2) is 4.79 Å². The van der Waals surface area contributed by atoms with E-state index in [1.807, 2.05) is 0 Å². The highest BCUT2D eigenvalue weighted by Crippen LogP contribution is 2.29. The lowest BCUT2D eigenvalue weighted by Crippen LogP contribution is -2.52. The summed E-state index contributed by atoms with van der Waals surface area (Å²) in [5.41, 5.74) is 0.745. The summed E-state index contributed by atoms with van der Waals surface area (Å²) in [7, 11) is 0. The summed E-state index contributed by atoms with van der Waals surface area (Å²) in [5, 5.41) is 14.0.